The number of carbonyl (C=O) groups is 2. The fraction of sp³-hybridized carbons (Fsp3) is 0. The van der Waals surface area contributed by atoms with Crippen LogP contribution in [0.5, 0.6) is 0 Å². The zero-order chi connectivity index (χ0) is 5.70. The van der Waals surface area contributed by atoms with Crippen LogP contribution in [-0.4, -0.2) is 19.3 Å². The van der Waals surface area contributed by atoms with E-state index < -0.39 is 5.87 Å². The second kappa shape index (κ2) is 3.81. The third kappa shape index (κ3) is 3.47. The predicted molar refractivity (Wildman–Crippen MR) is 28.7 cm³/mol. The molecule has 0 aromatic heterocycles. The molecule has 5 heteroatoms. The van der Waals surface area contributed by atoms with Gasteiger partial charge in [-0.15, -0.1) is 0 Å². The van der Waals surface area contributed by atoms with E-state index in [2.05, 4.69) is 4.52 Å². The highest BCUT2D eigenvalue weighted by molar-refractivity contribution is 7.12. The van der Waals surface area contributed by atoms with Crippen LogP contribution in [0.3, 0.4) is 0 Å². The Morgan fingerprint density at radius 2 is 2.43 bits per heavy atom. The predicted octanol–water partition coefficient (Wildman–Crippen LogP) is -0.193. The summed E-state index contributed by atoms with van der Waals surface area (Å²) >= 11 is 0. The molecule has 0 rings (SSSR count). The van der Waals surface area contributed by atoms with Gasteiger partial charge >= 0.3 is 7.28 Å². The summed E-state index contributed by atoms with van der Waals surface area (Å²) in [6.07, 6.45) is 0.367. The summed E-state index contributed by atoms with van der Waals surface area (Å²) in [4.78, 5) is 19.3. The molecule has 0 fully saturated rings. The molecule has 7 heavy (non-hydrogen) atoms. The average molecular weight is 117 g/mol. The molecule has 0 aliphatic carbocycles. The summed E-state index contributed by atoms with van der Waals surface area (Å²) in [7, 11) is 2.51. The maximum atomic E-state index is 9.88. The molecule has 1 atom stereocenters. The van der Waals surface area contributed by atoms with Crippen molar-refractivity contribution in [2.75, 3.05) is 0 Å². The minimum absolute atomic E-state index is 0.367. The molecule has 0 saturated carbocycles. The smallest absolute Gasteiger partial charge is 0.343 e. The van der Waals surface area contributed by atoms with Crippen molar-refractivity contribution in [3.8, 4) is 0 Å². The van der Waals surface area contributed by atoms with Gasteiger partial charge in [0.25, 0.3) is 5.87 Å². The van der Waals surface area contributed by atoms with E-state index in [0.29, 0.717) is 6.19 Å². The first-order valence-corrected chi connectivity index (χ1v) is 1.97. The number of rotatable bonds is 2. The topological polar surface area (TPSA) is 43.4 Å². The van der Waals surface area contributed by atoms with Crippen LogP contribution >= 0.6 is 9.47 Å². The van der Waals surface area contributed by atoms with E-state index >= 15 is 0 Å². The zero-order valence-electron chi connectivity index (χ0n) is 3.46. The Kier molecular flexibility index (Phi) is 3.61. The Balaban J connectivity index is 3.17. The van der Waals surface area contributed by atoms with E-state index in [1.54, 1.807) is 9.47 Å². The zero-order valence-corrected chi connectivity index (χ0v) is 4.61. The van der Waals surface area contributed by atoms with Crippen LogP contribution in [0.4, 0.5) is 4.79 Å². The number of hydrogen-bond donors (Lipinski definition) is 0. The largest absolute Gasteiger partial charge is 0.459 e. The molecule has 0 amide bonds. The van der Waals surface area contributed by atoms with Gasteiger partial charge in [0, 0.05) is 0 Å². The summed E-state index contributed by atoms with van der Waals surface area (Å²) in [5, 5.41) is 0. The quantitative estimate of drug-likeness (QED) is 0.286. The van der Waals surface area contributed by atoms with Crippen molar-refractivity contribution in [1.82, 2.24) is 0 Å². The Bertz CT molecular complexity index is 83.0. The van der Waals surface area contributed by atoms with Gasteiger partial charge in [-0.1, -0.05) is 0 Å². The van der Waals surface area contributed by atoms with Crippen LogP contribution in [0.25, 0.3) is 0 Å². The van der Waals surface area contributed by atoms with E-state index in [1.165, 1.54) is 0 Å². The van der Waals surface area contributed by atoms with E-state index in [1.807, 2.05) is 0 Å². The van der Waals surface area contributed by atoms with Crippen LogP contribution in [-0.2, 0) is 9.32 Å². The molecule has 3 nitrogen and oxygen atoms in total. The standard InChI is InChI=1S/C2H3BO3P/c4-1-3-2(5)6-7/h1H,7H2. The van der Waals surface area contributed by atoms with Crippen LogP contribution in [0, 0.1) is 0 Å². The molecule has 0 N–H and O–H groups in total. The van der Waals surface area contributed by atoms with Gasteiger partial charge in [0.05, 0.1) is 15.7 Å². The van der Waals surface area contributed by atoms with Gasteiger partial charge in [-0.25, -0.2) is 0 Å². The molecule has 0 aromatic rings. The Morgan fingerprint density at radius 3 is 2.57 bits per heavy atom. The minimum atomic E-state index is -0.653. The molecule has 0 aliphatic heterocycles. The van der Waals surface area contributed by atoms with Gasteiger partial charge in [0.2, 0.25) is 0 Å². The fourth-order valence-electron chi connectivity index (χ4n) is 0.0948. The van der Waals surface area contributed by atoms with Gasteiger partial charge in [0.1, 0.15) is 0 Å². The third-order valence-corrected chi connectivity index (χ3v) is 0.553. The summed E-state index contributed by atoms with van der Waals surface area (Å²) in [6.45, 7) is 0. The molecule has 37 valence electrons. The monoisotopic (exact) mass is 117 g/mol. The first-order valence-electron chi connectivity index (χ1n) is 1.50. The number of carbonyl (C=O) groups excluding carboxylic acids is 2. The van der Waals surface area contributed by atoms with Gasteiger partial charge in [-0.2, -0.15) is 0 Å². The van der Waals surface area contributed by atoms with Crippen LogP contribution in [0.2, 0.25) is 0 Å². The van der Waals surface area contributed by atoms with Gasteiger partial charge in [0.15, 0.2) is 0 Å². The highest BCUT2D eigenvalue weighted by Crippen LogP contribution is 1.84. The Hall–Kier alpha value is -0.365. The molecule has 1 unspecified atom stereocenters. The van der Waals surface area contributed by atoms with Crippen LogP contribution < -0.4 is 0 Å². The highest BCUT2D eigenvalue weighted by atomic mass is 31.0. The van der Waals surface area contributed by atoms with Crippen LogP contribution in [0.15, 0.2) is 0 Å². The van der Waals surface area contributed by atoms with Crippen molar-refractivity contribution in [3.63, 3.8) is 0 Å². The molecule has 0 aromatic carbocycles. The SMILES string of the molecule is O=C[B]C(=O)OP. The lowest BCUT2D eigenvalue weighted by Crippen LogP contribution is -2.06. The summed E-state index contributed by atoms with van der Waals surface area (Å²) in [5.41, 5.74) is 0. The van der Waals surface area contributed by atoms with Gasteiger partial charge in [-0.3, -0.25) is 4.79 Å². The molecule has 0 bridgehead atoms. The van der Waals surface area contributed by atoms with Crippen molar-refractivity contribution in [1.29, 1.82) is 0 Å². The summed E-state index contributed by atoms with van der Waals surface area (Å²) in [5.74, 6) is -0.653. The minimum Gasteiger partial charge on any atom is -0.459 e. The number of hydrogen-bond acceptors (Lipinski definition) is 3. The highest BCUT2D eigenvalue weighted by Gasteiger charge is 1.98. The first kappa shape index (κ1) is 6.63. The Morgan fingerprint density at radius 1 is 1.86 bits per heavy atom. The van der Waals surface area contributed by atoms with Gasteiger partial charge in [-0.05, 0) is 0 Å². The lowest BCUT2D eigenvalue weighted by molar-refractivity contribution is 0.232. The lowest BCUT2D eigenvalue weighted by Gasteiger charge is -1.85. The lowest BCUT2D eigenvalue weighted by atomic mass is 9.82. The first-order chi connectivity index (χ1) is 3.31. The molecule has 0 heterocycles. The van der Waals surface area contributed by atoms with Crippen molar-refractivity contribution in [3.05, 3.63) is 0 Å². The second-order valence-corrected chi connectivity index (χ2v) is 0.975. The fourth-order valence-corrected chi connectivity index (χ4v) is 0.173. The molecule has 0 spiro atoms. The molecule has 1 radical (unpaired) electrons. The normalized spacial score (nSPS) is 7.00. The van der Waals surface area contributed by atoms with E-state index in [0.717, 1.165) is 7.28 Å². The van der Waals surface area contributed by atoms with E-state index in [-0.39, 0.29) is 0 Å². The maximum absolute atomic E-state index is 9.88. The van der Waals surface area contributed by atoms with Crippen LogP contribution in [0.1, 0.15) is 0 Å². The van der Waals surface area contributed by atoms with E-state index in [4.69, 9.17) is 0 Å². The van der Waals surface area contributed by atoms with Crippen molar-refractivity contribution in [2.45, 2.75) is 0 Å². The van der Waals surface area contributed by atoms with E-state index in [9.17, 15) is 9.59 Å². The third-order valence-electron chi connectivity index (χ3n) is 0.320. The maximum Gasteiger partial charge on any atom is 0.343 e. The molecular formula is C2H3BO3P. The van der Waals surface area contributed by atoms with Crippen molar-refractivity contribution in [2.24, 2.45) is 0 Å². The van der Waals surface area contributed by atoms with Crippen molar-refractivity contribution >= 4 is 28.8 Å². The second-order valence-electron chi connectivity index (χ2n) is 0.740. The average Bonchev–Trinajstić information content (AvgIpc) is 1.68. The summed E-state index contributed by atoms with van der Waals surface area (Å²) in [6, 6.07) is 0. The van der Waals surface area contributed by atoms with Crippen molar-refractivity contribution < 1.29 is 14.1 Å². The molecular weight excluding hydrogens is 114 g/mol. The summed E-state index contributed by atoms with van der Waals surface area (Å²) < 4.78 is 3.98. The Labute approximate surface area is 43.9 Å². The van der Waals surface area contributed by atoms with Gasteiger partial charge < -0.3 is 9.32 Å². The molecule has 0 saturated heterocycles. The molecule has 0 aliphatic rings.